The number of hydrazone groups is 1. The first-order valence-corrected chi connectivity index (χ1v) is 9.06. The summed E-state index contributed by atoms with van der Waals surface area (Å²) in [5.74, 6) is -0.258. The van der Waals surface area contributed by atoms with Gasteiger partial charge in [-0.15, -0.1) is 11.3 Å². The number of nitrogens with zero attached hydrogens (tertiary/aromatic N) is 3. The number of benzene rings is 1. The van der Waals surface area contributed by atoms with Gasteiger partial charge in [0.2, 0.25) is 5.13 Å². The maximum absolute atomic E-state index is 12.6. The number of carbonyl (C=O) groups is 1. The Bertz CT molecular complexity index is 955. The number of thiophene rings is 1. The van der Waals surface area contributed by atoms with E-state index in [2.05, 4.69) is 26.0 Å². The number of hydrogen-bond acceptors (Lipinski definition) is 6. The van der Waals surface area contributed by atoms with Crippen LogP contribution in [0.25, 0.3) is 10.2 Å². The van der Waals surface area contributed by atoms with Crippen molar-refractivity contribution in [2.24, 2.45) is 10.8 Å². The van der Waals surface area contributed by atoms with E-state index in [1.54, 1.807) is 0 Å². The summed E-state index contributed by atoms with van der Waals surface area (Å²) in [5.41, 5.74) is 7.47. The summed E-state index contributed by atoms with van der Waals surface area (Å²) in [7, 11) is 0. The number of fused-ring (bicyclic) bond motifs is 1. The van der Waals surface area contributed by atoms with Crippen LogP contribution >= 0.6 is 38.6 Å². The fourth-order valence-electron chi connectivity index (χ4n) is 2.27. The van der Waals surface area contributed by atoms with Crippen LogP contribution in [0.1, 0.15) is 4.88 Å². The van der Waals surface area contributed by atoms with E-state index >= 15 is 0 Å². The van der Waals surface area contributed by atoms with Gasteiger partial charge in [-0.05, 0) is 40.2 Å². The van der Waals surface area contributed by atoms with E-state index in [1.807, 2.05) is 36.4 Å². The molecule has 5 nitrogen and oxygen atoms in total. The number of carbonyl (C=O) groups excluding carboxylic acids is 1. The summed E-state index contributed by atoms with van der Waals surface area (Å²) in [6.07, 6.45) is 1.31. The molecule has 3 aromatic rings. The molecule has 0 fully saturated rings. The van der Waals surface area contributed by atoms with Gasteiger partial charge in [0.25, 0.3) is 5.91 Å². The largest absolute Gasteiger partial charge is 0.404 e. The molecule has 2 aromatic heterocycles. The Balaban J connectivity index is 1.82. The van der Waals surface area contributed by atoms with Crippen LogP contribution in [0.4, 0.5) is 5.13 Å². The predicted octanol–water partition coefficient (Wildman–Crippen LogP) is 3.71. The van der Waals surface area contributed by atoms with Crippen molar-refractivity contribution in [1.29, 1.82) is 0 Å². The van der Waals surface area contributed by atoms with Gasteiger partial charge in [-0.25, -0.2) is 4.98 Å². The van der Waals surface area contributed by atoms with Crippen molar-refractivity contribution in [3.05, 3.63) is 56.8 Å². The van der Waals surface area contributed by atoms with Gasteiger partial charge >= 0.3 is 0 Å². The van der Waals surface area contributed by atoms with Crippen molar-refractivity contribution in [3.8, 4) is 0 Å². The molecule has 1 aliphatic rings. The maximum atomic E-state index is 12.6. The summed E-state index contributed by atoms with van der Waals surface area (Å²) >= 11 is 6.35. The Labute approximate surface area is 147 Å². The SMILES string of the molecule is N/C=C1/C(=O)N(c2nc3ccccc3s2)N=C1c1ccc(Br)s1. The molecular formula is C15H9BrN4OS2. The molecule has 3 heterocycles. The summed E-state index contributed by atoms with van der Waals surface area (Å²) in [4.78, 5) is 18.0. The maximum Gasteiger partial charge on any atom is 0.284 e. The third-order valence-electron chi connectivity index (χ3n) is 3.31. The molecule has 0 atom stereocenters. The van der Waals surface area contributed by atoms with Crippen LogP contribution in [0, 0.1) is 0 Å². The van der Waals surface area contributed by atoms with Crippen LogP contribution in [-0.2, 0) is 4.79 Å². The predicted molar refractivity (Wildman–Crippen MR) is 97.9 cm³/mol. The number of thiazole rings is 1. The number of nitrogens with two attached hydrogens (primary N) is 1. The molecule has 0 radical (unpaired) electrons. The molecule has 23 heavy (non-hydrogen) atoms. The topological polar surface area (TPSA) is 71.6 Å². The first-order valence-electron chi connectivity index (χ1n) is 6.64. The second kappa shape index (κ2) is 5.55. The zero-order valence-corrected chi connectivity index (χ0v) is 14.8. The molecule has 0 saturated heterocycles. The molecule has 2 N–H and O–H groups in total. The monoisotopic (exact) mass is 404 g/mol. The molecule has 1 aromatic carbocycles. The number of para-hydroxylation sites is 1. The Hall–Kier alpha value is -2.03. The molecule has 8 heteroatoms. The van der Waals surface area contributed by atoms with Crippen molar-refractivity contribution >= 4 is 65.6 Å². The van der Waals surface area contributed by atoms with Crippen molar-refractivity contribution < 1.29 is 4.79 Å². The van der Waals surface area contributed by atoms with Gasteiger partial charge < -0.3 is 5.73 Å². The first-order chi connectivity index (χ1) is 11.2. The highest BCUT2D eigenvalue weighted by molar-refractivity contribution is 9.11. The van der Waals surface area contributed by atoms with Gasteiger partial charge in [0, 0.05) is 6.20 Å². The number of aromatic nitrogens is 1. The molecule has 0 saturated carbocycles. The zero-order chi connectivity index (χ0) is 16.0. The highest BCUT2D eigenvalue weighted by Gasteiger charge is 2.34. The van der Waals surface area contributed by atoms with Crippen LogP contribution < -0.4 is 10.7 Å². The van der Waals surface area contributed by atoms with Gasteiger partial charge in [0.05, 0.1) is 24.5 Å². The molecule has 0 spiro atoms. The average Bonchev–Trinajstić information content (AvgIpc) is 3.23. The lowest BCUT2D eigenvalue weighted by atomic mass is 10.1. The van der Waals surface area contributed by atoms with Gasteiger partial charge in [0.1, 0.15) is 5.71 Å². The third-order valence-corrected chi connectivity index (χ3v) is 5.96. The highest BCUT2D eigenvalue weighted by Crippen LogP contribution is 2.34. The highest BCUT2D eigenvalue weighted by atomic mass is 79.9. The third kappa shape index (κ3) is 2.39. The fourth-order valence-corrected chi connectivity index (χ4v) is 4.57. The van der Waals surface area contributed by atoms with Crippen LogP contribution in [-0.4, -0.2) is 16.6 Å². The molecule has 0 bridgehead atoms. The number of anilines is 1. The molecular weight excluding hydrogens is 396 g/mol. The van der Waals surface area contributed by atoms with E-state index < -0.39 is 0 Å². The standard InChI is InChI=1S/C15H9BrN4OS2/c16-12-6-5-11(22-12)13-8(7-17)14(21)20(19-13)15-18-9-3-1-2-4-10(9)23-15/h1-7H,17H2/b8-7+. The van der Waals surface area contributed by atoms with Crippen molar-refractivity contribution in [2.75, 3.05) is 5.01 Å². The Morgan fingerprint density at radius 2 is 2.00 bits per heavy atom. The van der Waals surface area contributed by atoms with E-state index in [-0.39, 0.29) is 5.91 Å². The summed E-state index contributed by atoms with van der Waals surface area (Å²) in [6, 6.07) is 11.6. The van der Waals surface area contributed by atoms with Crippen LogP contribution in [0.2, 0.25) is 0 Å². The minimum absolute atomic E-state index is 0.258. The Morgan fingerprint density at radius 3 is 2.70 bits per heavy atom. The van der Waals surface area contributed by atoms with E-state index in [9.17, 15) is 4.79 Å². The lowest BCUT2D eigenvalue weighted by Crippen LogP contribution is -2.21. The van der Waals surface area contributed by atoms with Crippen LogP contribution in [0.15, 0.2) is 57.1 Å². The molecule has 114 valence electrons. The van der Waals surface area contributed by atoms with E-state index in [0.717, 1.165) is 18.9 Å². The molecule has 0 unspecified atom stereocenters. The first kappa shape index (κ1) is 14.6. The number of amides is 1. The van der Waals surface area contributed by atoms with E-state index in [4.69, 9.17) is 5.73 Å². The molecule has 1 aliphatic heterocycles. The summed E-state index contributed by atoms with van der Waals surface area (Å²) < 4.78 is 1.98. The minimum Gasteiger partial charge on any atom is -0.404 e. The number of rotatable bonds is 2. The second-order valence-corrected chi connectivity index (χ2v) is 8.19. The average molecular weight is 405 g/mol. The van der Waals surface area contributed by atoms with Crippen molar-refractivity contribution in [2.45, 2.75) is 0 Å². The van der Waals surface area contributed by atoms with E-state index in [1.165, 1.54) is 33.9 Å². The van der Waals surface area contributed by atoms with Crippen LogP contribution in [0.5, 0.6) is 0 Å². The van der Waals surface area contributed by atoms with Gasteiger partial charge in [-0.2, -0.15) is 10.1 Å². The second-order valence-electron chi connectivity index (χ2n) is 4.71. The van der Waals surface area contributed by atoms with Crippen molar-refractivity contribution in [1.82, 2.24) is 4.98 Å². The smallest absolute Gasteiger partial charge is 0.284 e. The summed E-state index contributed by atoms with van der Waals surface area (Å²) in [6.45, 7) is 0. The number of halogens is 1. The Kier molecular flexibility index (Phi) is 3.51. The fraction of sp³-hybridized carbons (Fsp3) is 0. The lowest BCUT2D eigenvalue weighted by Gasteiger charge is -2.05. The minimum atomic E-state index is -0.258. The molecule has 4 rings (SSSR count). The van der Waals surface area contributed by atoms with Gasteiger partial charge in [0.15, 0.2) is 0 Å². The molecule has 1 amide bonds. The Morgan fingerprint density at radius 1 is 1.17 bits per heavy atom. The quantitative estimate of drug-likeness (QED) is 0.661. The number of hydrogen-bond donors (Lipinski definition) is 1. The summed E-state index contributed by atoms with van der Waals surface area (Å²) in [5, 5.41) is 6.33. The lowest BCUT2D eigenvalue weighted by molar-refractivity contribution is -0.114. The van der Waals surface area contributed by atoms with Gasteiger partial charge in [-0.3, -0.25) is 4.79 Å². The molecule has 0 aliphatic carbocycles. The zero-order valence-electron chi connectivity index (χ0n) is 11.6. The normalized spacial score (nSPS) is 16.6. The van der Waals surface area contributed by atoms with Gasteiger partial charge in [-0.1, -0.05) is 23.5 Å². The van der Waals surface area contributed by atoms with E-state index in [0.29, 0.717) is 16.4 Å². The van der Waals surface area contributed by atoms with Crippen molar-refractivity contribution in [3.63, 3.8) is 0 Å². The van der Waals surface area contributed by atoms with Crippen LogP contribution in [0.3, 0.4) is 0 Å².